The van der Waals surface area contributed by atoms with Crippen LogP contribution in [0.2, 0.25) is 0 Å². The summed E-state index contributed by atoms with van der Waals surface area (Å²) in [5.41, 5.74) is 0. The summed E-state index contributed by atoms with van der Waals surface area (Å²) < 4.78 is 0. The Kier molecular flexibility index (Phi) is 0.821. The molecule has 0 aliphatic rings. The fraction of sp³-hybridized carbons (Fsp3) is 0. The van der Waals surface area contributed by atoms with Crippen LogP contribution in [0.25, 0.3) is 0 Å². The van der Waals surface area contributed by atoms with Crippen LogP contribution in [-0.2, 0) is 0 Å². The Morgan fingerprint density at radius 1 is 1.50 bits per heavy atom. The zero-order valence-electron chi connectivity index (χ0n) is 2.10. The number of hydrogen-bond acceptors (Lipinski definition) is 2. The van der Waals surface area contributed by atoms with Gasteiger partial charge in [-0.1, -0.05) is 0 Å². The second-order valence-corrected chi connectivity index (χ2v) is 0.416. The van der Waals surface area contributed by atoms with Crippen molar-refractivity contribution in [2.75, 3.05) is 0 Å². The fourth-order valence-corrected chi connectivity index (χ4v) is 0. The molecule has 0 atom stereocenters. The third-order valence-corrected chi connectivity index (χ3v) is 0. The van der Waals surface area contributed by atoms with E-state index in [1.807, 2.05) is 0 Å². The zero-order valence-corrected chi connectivity index (χ0v) is 2.10. The van der Waals surface area contributed by atoms with Crippen LogP contribution in [0.4, 0.5) is 0 Å². The molecule has 0 heterocycles. The molecule has 0 amide bonds. The van der Waals surface area contributed by atoms with E-state index in [1.54, 1.807) is 0 Å². The molecular weight excluding hydrogens is 54.8 g/mol. The summed E-state index contributed by atoms with van der Waals surface area (Å²) in [6.45, 7) is 0. The maximum atomic E-state index is 7.42. The Balaban J connectivity index is 2.80. The van der Waals surface area contributed by atoms with Crippen molar-refractivity contribution >= 4 is 13.3 Å². The van der Waals surface area contributed by atoms with E-state index in [0.29, 0.717) is 0 Å². The van der Waals surface area contributed by atoms with Gasteiger partial charge in [-0.15, -0.1) is 0 Å². The van der Waals surface area contributed by atoms with Gasteiger partial charge in [0.25, 0.3) is 0 Å². The Morgan fingerprint density at radius 3 is 1.50 bits per heavy atom. The van der Waals surface area contributed by atoms with Crippen molar-refractivity contribution in [1.82, 2.24) is 0 Å². The molecule has 0 unspecified atom stereocenters. The molecule has 3 heteroatoms. The van der Waals surface area contributed by atoms with Crippen LogP contribution >= 0.6 is 0 Å². The molecule has 4 heavy (non-hydrogen) atoms. The standard InChI is InChI=1S/CH3BO2/c2-1(3)4/h2-4H. The summed E-state index contributed by atoms with van der Waals surface area (Å²) >= 11 is 0. The molecule has 0 radical (unpaired) electrons. The molecule has 0 fully saturated rings. The molecule has 0 saturated heterocycles. The third-order valence-electron chi connectivity index (χ3n) is 0. The van der Waals surface area contributed by atoms with E-state index in [4.69, 9.17) is 10.2 Å². The van der Waals surface area contributed by atoms with Gasteiger partial charge in [0.15, 0.2) is 0 Å². The predicted molar refractivity (Wildman–Crippen MR) is 16.0 cm³/mol. The van der Waals surface area contributed by atoms with E-state index in [2.05, 4.69) is 7.49 Å². The van der Waals surface area contributed by atoms with Crippen molar-refractivity contribution in [2.45, 2.75) is 0 Å². The molecule has 0 saturated carbocycles. The first-order chi connectivity index (χ1) is 1.73. The summed E-state index contributed by atoms with van der Waals surface area (Å²) in [5.74, 6) is -0.833. The molecule has 0 bridgehead atoms. The first-order valence-corrected chi connectivity index (χ1v) is 0.801. The Labute approximate surface area is 24.8 Å². The molecule has 2 N–H and O–H groups in total. The van der Waals surface area contributed by atoms with Crippen molar-refractivity contribution in [1.29, 1.82) is 0 Å². The van der Waals surface area contributed by atoms with Crippen LogP contribution in [-0.4, -0.2) is 23.5 Å². The SMILES string of the molecule is B=C(O)O. The summed E-state index contributed by atoms with van der Waals surface area (Å²) in [7, 11) is 2.67. The predicted octanol–water partition coefficient (Wildman–Crippen LogP) is -1.28. The zero-order chi connectivity index (χ0) is 3.58. The van der Waals surface area contributed by atoms with Gasteiger partial charge in [0, 0.05) is 0 Å². The Hall–Kier alpha value is -0.465. The quantitative estimate of drug-likeness (QED) is 0.340. The second-order valence-electron chi connectivity index (χ2n) is 0.416. The van der Waals surface area contributed by atoms with E-state index >= 15 is 0 Å². The van der Waals surface area contributed by atoms with Crippen LogP contribution in [0.15, 0.2) is 0 Å². The number of aliphatic hydroxyl groups is 2. The maximum absolute atomic E-state index is 7.42. The van der Waals surface area contributed by atoms with Gasteiger partial charge >= 0.3 is 23.5 Å². The number of hydrogen-bond donors (Lipinski definition) is 2. The van der Waals surface area contributed by atoms with Crippen molar-refractivity contribution in [3.63, 3.8) is 0 Å². The molecule has 2 nitrogen and oxygen atoms in total. The molecular formula is CH3BO2. The van der Waals surface area contributed by atoms with Crippen LogP contribution < -0.4 is 0 Å². The van der Waals surface area contributed by atoms with Crippen LogP contribution in [0.1, 0.15) is 0 Å². The summed E-state index contributed by atoms with van der Waals surface area (Å²) in [6, 6.07) is 0. The van der Waals surface area contributed by atoms with E-state index in [1.165, 1.54) is 0 Å². The third kappa shape index (κ3) is 2.03. The van der Waals surface area contributed by atoms with Gasteiger partial charge in [-0.25, -0.2) is 0 Å². The molecule has 0 aliphatic heterocycles. The molecule has 0 aliphatic carbocycles. The number of aliphatic hydroxyl groups excluding tert-OH is 1. The monoisotopic (exact) mass is 58.0 g/mol. The number of rotatable bonds is 0. The minimum atomic E-state index is -0.833. The van der Waals surface area contributed by atoms with Gasteiger partial charge in [0.2, 0.25) is 0 Å². The molecule has 0 aromatic carbocycles. The van der Waals surface area contributed by atoms with Crippen molar-refractivity contribution in [2.24, 2.45) is 0 Å². The van der Waals surface area contributed by atoms with Crippen LogP contribution in [0.3, 0.4) is 0 Å². The van der Waals surface area contributed by atoms with Gasteiger partial charge < -0.3 is 0 Å². The average Bonchev–Trinajstić information content (AvgIpc) is 0.811. The topological polar surface area (TPSA) is 40.5 Å². The van der Waals surface area contributed by atoms with Gasteiger partial charge in [-0.05, 0) is 0 Å². The Bertz CT molecular complexity index is 29.0. The molecule has 0 aromatic heterocycles. The molecule has 0 aromatic rings. The summed E-state index contributed by atoms with van der Waals surface area (Å²) in [4.78, 5) is 0. The van der Waals surface area contributed by atoms with Crippen molar-refractivity contribution in [3.8, 4) is 0 Å². The first-order valence-electron chi connectivity index (χ1n) is 0.801. The Morgan fingerprint density at radius 2 is 1.50 bits per heavy atom. The van der Waals surface area contributed by atoms with Crippen LogP contribution in [0, 0.1) is 0 Å². The van der Waals surface area contributed by atoms with Gasteiger partial charge in [0.05, 0.1) is 0 Å². The molecule has 0 spiro atoms. The summed E-state index contributed by atoms with van der Waals surface area (Å²) in [6.07, 6.45) is 0. The van der Waals surface area contributed by atoms with Gasteiger partial charge in [-0.2, -0.15) is 0 Å². The van der Waals surface area contributed by atoms with E-state index in [-0.39, 0.29) is 0 Å². The van der Waals surface area contributed by atoms with Crippen molar-refractivity contribution in [3.05, 3.63) is 0 Å². The van der Waals surface area contributed by atoms with E-state index < -0.39 is 5.84 Å². The van der Waals surface area contributed by atoms with E-state index in [0.717, 1.165) is 0 Å². The molecule has 22 valence electrons. The minimum absolute atomic E-state index is 0.833. The van der Waals surface area contributed by atoms with Crippen molar-refractivity contribution < 1.29 is 10.2 Å². The summed E-state index contributed by atoms with van der Waals surface area (Å²) in [5, 5.41) is 14.8. The van der Waals surface area contributed by atoms with E-state index in [9.17, 15) is 0 Å². The van der Waals surface area contributed by atoms with Gasteiger partial charge in [-0.3, -0.25) is 0 Å². The molecule has 0 rings (SSSR count). The normalized spacial score (nSPS) is 5.75. The second kappa shape index (κ2) is 0.929. The average molecular weight is 57.8 g/mol. The van der Waals surface area contributed by atoms with Gasteiger partial charge in [0.1, 0.15) is 0 Å². The first kappa shape index (κ1) is 3.53. The van der Waals surface area contributed by atoms with Crippen LogP contribution in [0.5, 0.6) is 0 Å². The fourth-order valence-electron chi connectivity index (χ4n) is 0.